The molecule has 0 aliphatic heterocycles. The van der Waals surface area contributed by atoms with Gasteiger partial charge in [0, 0.05) is 98.5 Å². The first-order valence-corrected chi connectivity index (χ1v) is 33.5. The van der Waals surface area contributed by atoms with Gasteiger partial charge >= 0.3 is 0 Å². The van der Waals surface area contributed by atoms with Crippen LogP contribution in [-0.2, 0) is 21.7 Å². The number of rotatable bonds is 5. The van der Waals surface area contributed by atoms with Gasteiger partial charge in [-0.1, -0.05) is 207 Å². The summed E-state index contributed by atoms with van der Waals surface area (Å²) in [6.07, 6.45) is 0. The van der Waals surface area contributed by atoms with Gasteiger partial charge in [0.1, 0.15) is 44.7 Å². The fourth-order valence-corrected chi connectivity index (χ4v) is 18.5. The summed E-state index contributed by atoms with van der Waals surface area (Å²) in [5, 5.41) is 9.12. The fourth-order valence-electron chi connectivity index (χ4n) is 18.5. The van der Waals surface area contributed by atoms with Crippen molar-refractivity contribution in [3.8, 4) is 66.8 Å². The van der Waals surface area contributed by atoms with E-state index in [1.165, 1.54) is 99.8 Å². The number of fused-ring (bicyclic) bond motifs is 29. The van der Waals surface area contributed by atoms with Crippen LogP contribution in [0.2, 0.25) is 0 Å². The number of hydrogen-bond acceptors (Lipinski definition) is 5. The standard InChI is InChI=1S/C90H63NO4/c1-87(2)65-43-50(35-38-55(65)75-68(87)46-61(48-22-10-9-11-23-48)84-78(75)58-26-14-19-31-71(58)93-84)91(52-37-40-57-67(45-52)90(7,8)82-77(57)80-60-28-16-21-33-73(60)95-86(80)81-54-25-12-17-29-64(54)89(5,6)83(81)82)51-36-39-56-66(44-51)88(3,4)69-47-62(85-79(76(56)69)59-27-15-20-32-72(59)94-85)49-34-41-74-63(42-49)53-24-13-18-30-70(53)92-74/h9-47H,1-8H3. The number of benzene rings is 13. The normalized spacial score (nSPS) is 15.5. The number of para-hydroxylation sites is 4. The summed E-state index contributed by atoms with van der Waals surface area (Å²) >= 11 is 0. The molecule has 0 atom stereocenters. The van der Waals surface area contributed by atoms with Crippen molar-refractivity contribution in [1.82, 2.24) is 0 Å². The van der Waals surface area contributed by atoms with Gasteiger partial charge in [0.15, 0.2) is 0 Å². The Morgan fingerprint density at radius 2 is 0.642 bits per heavy atom. The molecule has 21 rings (SSSR count). The van der Waals surface area contributed by atoms with Crippen molar-refractivity contribution in [3.63, 3.8) is 0 Å². The summed E-state index contributed by atoms with van der Waals surface area (Å²) in [6.45, 7) is 19.5. The fraction of sp³-hybridized carbons (Fsp3) is 0.133. The van der Waals surface area contributed by atoms with Gasteiger partial charge in [-0.2, -0.15) is 0 Å². The van der Waals surface area contributed by atoms with Crippen LogP contribution in [0.25, 0.3) is 155 Å². The van der Waals surface area contributed by atoms with E-state index in [0.717, 1.165) is 116 Å². The second-order valence-electron chi connectivity index (χ2n) is 29.3. The Morgan fingerprint density at radius 3 is 1.20 bits per heavy atom. The van der Waals surface area contributed by atoms with Crippen LogP contribution < -0.4 is 4.90 Å². The molecule has 95 heavy (non-hydrogen) atoms. The van der Waals surface area contributed by atoms with Gasteiger partial charge in [0.2, 0.25) is 0 Å². The average Bonchev–Trinajstić information content (AvgIpc) is 1.51. The third-order valence-electron chi connectivity index (χ3n) is 23.0. The summed E-state index contributed by atoms with van der Waals surface area (Å²) < 4.78 is 27.5. The maximum atomic E-state index is 7.13. The Balaban J connectivity index is 0.796. The van der Waals surface area contributed by atoms with Gasteiger partial charge < -0.3 is 22.6 Å². The predicted molar refractivity (Wildman–Crippen MR) is 391 cm³/mol. The topological polar surface area (TPSA) is 55.8 Å². The molecular formula is C90H63NO4. The lowest BCUT2D eigenvalue weighted by Crippen LogP contribution is -2.24. The minimum absolute atomic E-state index is 0.283. The lowest BCUT2D eigenvalue weighted by Gasteiger charge is -2.32. The van der Waals surface area contributed by atoms with Crippen LogP contribution >= 0.6 is 0 Å². The van der Waals surface area contributed by atoms with E-state index >= 15 is 0 Å². The van der Waals surface area contributed by atoms with Crippen molar-refractivity contribution in [1.29, 1.82) is 0 Å². The maximum Gasteiger partial charge on any atom is 0.144 e. The van der Waals surface area contributed by atoms with Crippen LogP contribution in [0.15, 0.2) is 254 Å². The molecule has 0 amide bonds. The van der Waals surface area contributed by atoms with Gasteiger partial charge in [0.25, 0.3) is 0 Å². The minimum Gasteiger partial charge on any atom is -0.456 e. The highest BCUT2D eigenvalue weighted by Crippen LogP contribution is 2.65. The predicted octanol–water partition coefficient (Wildman–Crippen LogP) is 25.3. The second kappa shape index (κ2) is 18.0. The number of furan rings is 4. The molecule has 4 heterocycles. The Labute approximate surface area is 549 Å². The first-order chi connectivity index (χ1) is 46.1. The van der Waals surface area contributed by atoms with E-state index in [0.29, 0.717) is 0 Å². The van der Waals surface area contributed by atoms with Crippen LogP contribution in [0.5, 0.6) is 0 Å². The molecule has 4 aliphatic rings. The van der Waals surface area contributed by atoms with Crippen molar-refractivity contribution in [3.05, 3.63) is 281 Å². The van der Waals surface area contributed by atoms with E-state index in [9.17, 15) is 0 Å². The van der Waals surface area contributed by atoms with Crippen LogP contribution in [0.3, 0.4) is 0 Å². The average molecular weight is 1220 g/mol. The lowest BCUT2D eigenvalue weighted by atomic mass is 9.72. The largest absolute Gasteiger partial charge is 0.456 e. The highest BCUT2D eigenvalue weighted by atomic mass is 16.3. The van der Waals surface area contributed by atoms with E-state index < -0.39 is 10.8 Å². The van der Waals surface area contributed by atoms with Crippen LogP contribution in [0.4, 0.5) is 17.1 Å². The molecule has 0 bridgehead atoms. The Kier molecular flexibility index (Phi) is 10.1. The third kappa shape index (κ3) is 6.72. The molecule has 4 aliphatic carbocycles. The minimum atomic E-state index is -0.429. The van der Waals surface area contributed by atoms with Crippen molar-refractivity contribution in [2.75, 3.05) is 4.90 Å². The monoisotopic (exact) mass is 1220 g/mol. The van der Waals surface area contributed by atoms with Crippen molar-refractivity contribution in [2.45, 2.75) is 77.0 Å². The first kappa shape index (κ1) is 53.4. The first-order valence-electron chi connectivity index (χ1n) is 33.5. The molecule has 0 fully saturated rings. The van der Waals surface area contributed by atoms with Crippen LogP contribution in [0, 0.1) is 0 Å². The number of nitrogens with zero attached hydrogens (tertiary/aromatic N) is 1. The zero-order valence-electron chi connectivity index (χ0n) is 54.1. The molecule has 0 saturated heterocycles. The zero-order valence-corrected chi connectivity index (χ0v) is 54.1. The zero-order chi connectivity index (χ0) is 63.5. The molecule has 0 unspecified atom stereocenters. The summed E-state index contributed by atoms with van der Waals surface area (Å²) in [6, 6.07) is 87.4. The molecule has 5 heteroatoms. The number of anilines is 3. The molecular weight excluding hydrogens is 1160 g/mol. The van der Waals surface area contributed by atoms with E-state index in [2.05, 4.69) is 291 Å². The van der Waals surface area contributed by atoms with Crippen molar-refractivity contribution < 1.29 is 17.7 Å². The van der Waals surface area contributed by atoms with Gasteiger partial charge in [-0.05, 0) is 180 Å². The second-order valence-corrected chi connectivity index (χ2v) is 29.3. The molecule has 13 aromatic carbocycles. The summed E-state index contributed by atoms with van der Waals surface area (Å²) in [5.74, 6) is 0. The van der Waals surface area contributed by atoms with E-state index in [1.54, 1.807) is 0 Å². The van der Waals surface area contributed by atoms with Crippen molar-refractivity contribution in [2.24, 2.45) is 0 Å². The van der Waals surface area contributed by atoms with Crippen molar-refractivity contribution >= 4 is 105 Å². The highest BCUT2D eigenvalue weighted by Gasteiger charge is 2.49. The Bertz CT molecular complexity index is 6350. The molecule has 0 radical (unpaired) electrons. The molecule has 0 spiro atoms. The highest BCUT2D eigenvalue weighted by molar-refractivity contribution is 6.23. The summed E-state index contributed by atoms with van der Waals surface area (Å²) in [5.41, 5.74) is 34.0. The summed E-state index contributed by atoms with van der Waals surface area (Å²) in [7, 11) is 0. The maximum absolute atomic E-state index is 7.13. The lowest BCUT2D eigenvalue weighted by molar-refractivity contribution is 0.600. The Hall–Kier alpha value is -11.1. The van der Waals surface area contributed by atoms with Gasteiger partial charge in [-0.25, -0.2) is 0 Å². The molecule has 5 nitrogen and oxygen atoms in total. The molecule has 0 N–H and O–H groups in total. The number of hydrogen-bond donors (Lipinski definition) is 0. The van der Waals surface area contributed by atoms with E-state index in [-0.39, 0.29) is 10.8 Å². The Morgan fingerprint density at radius 1 is 0.242 bits per heavy atom. The third-order valence-corrected chi connectivity index (χ3v) is 23.0. The van der Waals surface area contributed by atoms with Gasteiger partial charge in [0.05, 0.1) is 0 Å². The SMILES string of the molecule is CC1(C)c2cc(N(c3ccc4c(c3)C(C)(C)c3cc(-c5ccc6oc7ccccc7c6c5)c5oc6ccccc6c5c3-4)c3ccc4c(c3)C(C)(C)c3c5c(c6oc7ccccc7c6c3-4)-c3ccccc3C5(C)C)ccc2-c2c1cc(-c1ccccc1)c1oc3ccccc3c21. The quantitative estimate of drug-likeness (QED) is 0.172. The molecule has 17 aromatic rings. The van der Waals surface area contributed by atoms with E-state index in [1.807, 2.05) is 6.07 Å². The molecule has 452 valence electrons. The smallest absolute Gasteiger partial charge is 0.144 e. The van der Waals surface area contributed by atoms with Crippen LogP contribution in [-0.4, -0.2) is 0 Å². The van der Waals surface area contributed by atoms with E-state index in [4.69, 9.17) is 17.7 Å². The van der Waals surface area contributed by atoms with Crippen LogP contribution in [0.1, 0.15) is 99.9 Å². The van der Waals surface area contributed by atoms with Gasteiger partial charge in [-0.3, -0.25) is 0 Å². The van der Waals surface area contributed by atoms with Gasteiger partial charge in [-0.15, -0.1) is 0 Å². The molecule has 4 aromatic heterocycles. The molecule has 0 saturated carbocycles. The summed E-state index contributed by atoms with van der Waals surface area (Å²) in [4.78, 5) is 2.56.